The van der Waals surface area contributed by atoms with Gasteiger partial charge in [0.2, 0.25) is 0 Å². The number of fused-ring (bicyclic) bond motifs is 6. The predicted molar refractivity (Wildman–Crippen MR) is 357 cm³/mol. The molecule has 512 valence electrons. The molecule has 0 radical (unpaired) electrons. The average Bonchev–Trinajstić information content (AvgIpc) is 1.62. The van der Waals surface area contributed by atoms with Gasteiger partial charge in [-0.25, -0.2) is 24.3 Å². The number of alkyl halides is 12. The molecule has 0 spiro atoms. The summed E-state index contributed by atoms with van der Waals surface area (Å²) in [6.45, 7) is 27.2. The molecule has 0 fully saturated rings. The Hall–Kier alpha value is -6.03. The van der Waals surface area contributed by atoms with E-state index in [1.807, 2.05) is 24.3 Å². The van der Waals surface area contributed by atoms with Gasteiger partial charge in [-0.3, -0.25) is 12.2 Å². The van der Waals surface area contributed by atoms with Gasteiger partial charge < -0.3 is 24.8 Å². The van der Waals surface area contributed by atoms with Crippen LogP contribution in [0, 0.1) is 24.3 Å². The normalized spacial score (nSPS) is 13.3. The molecule has 0 aliphatic heterocycles. The summed E-state index contributed by atoms with van der Waals surface area (Å²) >= 11 is 1.80. The number of allylic oxidation sites excluding steroid dienone is 8. The molecule has 0 amide bonds. The summed E-state index contributed by atoms with van der Waals surface area (Å²) in [6, 6.07) is 48.6. The minimum atomic E-state index is -4.41. The molecule has 4 aliphatic rings. The summed E-state index contributed by atoms with van der Waals surface area (Å²) < 4.78 is 151. The van der Waals surface area contributed by atoms with E-state index in [-0.39, 0.29) is 46.5 Å². The molecule has 98 heavy (non-hydrogen) atoms. The topological polar surface area (TPSA) is 0 Å². The fraction of sp³-hybridized carbons (Fsp3) is 0.293. The average molecular weight is 1540 g/mol. The second kappa shape index (κ2) is 33.6. The first-order valence-corrected chi connectivity index (χ1v) is 33.7. The van der Waals surface area contributed by atoms with Crippen LogP contribution < -0.4 is 24.8 Å². The Morgan fingerprint density at radius 2 is 0.561 bits per heavy atom. The van der Waals surface area contributed by atoms with Gasteiger partial charge in [-0.15, -0.1) is 35.1 Å². The van der Waals surface area contributed by atoms with Crippen LogP contribution in [0.5, 0.6) is 0 Å². The van der Waals surface area contributed by atoms with Crippen molar-refractivity contribution in [2.75, 3.05) is 0 Å². The maximum atomic E-state index is 12.5. The van der Waals surface area contributed by atoms with E-state index in [1.54, 1.807) is 0 Å². The molecule has 16 heteroatoms. The monoisotopic (exact) mass is 1540 g/mol. The van der Waals surface area contributed by atoms with Crippen LogP contribution in [0.25, 0.3) is 22.3 Å². The Labute approximate surface area is 612 Å². The van der Waals surface area contributed by atoms with Gasteiger partial charge >= 0.3 is 274 Å². The first kappa shape index (κ1) is 82.6. The molecule has 0 N–H and O–H groups in total. The first-order valence-electron chi connectivity index (χ1n) is 31.2. The molecule has 0 saturated heterocycles. The molecule has 0 atom stereocenters. The molecule has 0 saturated carbocycles. The zero-order valence-corrected chi connectivity index (χ0v) is 63.0. The van der Waals surface area contributed by atoms with Crippen LogP contribution in [0.3, 0.4) is 0 Å². The Morgan fingerprint density at radius 1 is 0.316 bits per heavy atom. The number of hydrogen-bond donors (Lipinski definition) is 0. The van der Waals surface area contributed by atoms with Gasteiger partial charge in [0.05, 0.1) is 0 Å². The van der Waals surface area contributed by atoms with E-state index in [0.29, 0.717) is 28.7 Å². The molecule has 0 aromatic heterocycles. The van der Waals surface area contributed by atoms with Crippen molar-refractivity contribution in [1.29, 1.82) is 0 Å². The predicted octanol–water partition coefficient (Wildman–Crippen LogP) is 17.6. The smallest absolute Gasteiger partial charge is 0.109 e. The Kier molecular flexibility index (Phi) is 28.4. The van der Waals surface area contributed by atoms with E-state index in [9.17, 15) is 52.7 Å². The Morgan fingerprint density at radius 3 is 0.755 bits per heavy atom. The van der Waals surface area contributed by atoms with Crippen molar-refractivity contribution in [2.45, 2.75) is 155 Å². The maximum absolute atomic E-state index is 12.5. The van der Waals surface area contributed by atoms with Gasteiger partial charge in [-0.2, -0.15) is 59.7 Å². The van der Waals surface area contributed by atoms with Gasteiger partial charge in [0.15, 0.2) is 0 Å². The van der Waals surface area contributed by atoms with Crippen molar-refractivity contribution in [1.82, 2.24) is 0 Å². The molecule has 12 rings (SSSR count). The van der Waals surface area contributed by atoms with Crippen molar-refractivity contribution >= 4 is 6.41 Å². The van der Waals surface area contributed by atoms with Crippen LogP contribution in [-0.4, -0.2) is 6.41 Å². The van der Waals surface area contributed by atoms with Gasteiger partial charge in [-0.05, 0) is 56.8 Å². The summed E-state index contributed by atoms with van der Waals surface area (Å²) in [4.78, 5) is 0. The first-order chi connectivity index (χ1) is 44.5. The standard InChI is InChI=1S/2C21H25.2C15H8F6.2C5H5.2ClH.2Zr/c2*1-20(2,3)16-7-9-18-14(12-16)11-15-13-17(21(4,5)6)8-10-19(15)18;2*16-14(17,18)12-5-1-10(2-6-12)9-11-3-7-13(8-4-11)15(19,20)21;2*1-2-4-5-3-1;;;;/h2*7-10,12H,11H2,1-6H3;2*1-8H;2*1-3H,4H2;2*1H;;/q2*-1;;;2*-1;;;2*+2/p-2. The number of benzene rings is 8. The molecule has 8 aromatic carbocycles. The number of hydrogen-bond acceptors (Lipinski definition) is 0. The van der Waals surface area contributed by atoms with E-state index in [2.05, 4.69) is 180 Å². The zero-order chi connectivity index (χ0) is 71.0. The van der Waals surface area contributed by atoms with Crippen LogP contribution in [0.4, 0.5) is 52.7 Å². The fourth-order valence-electron chi connectivity index (χ4n) is 10.4. The summed E-state index contributed by atoms with van der Waals surface area (Å²) in [5.74, 6) is 0. The number of halogens is 14. The molecular weight excluding hydrogens is 1470 g/mol. The molecule has 0 bridgehead atoms. The SMILES string of the molecule is CC(C)(C)c1[c-]c2c(cc1)-c1ccc(C(C)(C)C)cc1C2.CC(C)(C)c1[c-]c2c(cc1)-c1ccc(C(C)(C)C)cc1C2.FC(F)(F)c1ccc([C](=[Zr+2])c2ccc(C(F)(F)F)cc2)cc1.FC(F)(F)c1ccc([C](=[Zr+2])c2ccc(C(F)(F)F)cc2)cc1.[C-]1=CC=CC1.[C-]1=CC=CC1.[Cl-].[Cl-]. The van der Waals surface area contributed by atoms with Crippen molar-refractivity contribution < 1.29 is 126 Å². The van der Waals surface area contributed by atoms with Crippen molar-refractivity contribution in [3.63, 3.8) is 0 Å². The summed E-state index contributed by atoms with van der Waals surface area (Å²) in [5, 5.41) is 0. The van der Waals surface area contributed by atoms with Crippen molar-refractivity contribution in [2.24, 2.45) is 0 Å². The van der Waals surface area contributed by atoms with E-state index >= 15 is 0 Å². The second-order valence-electron chi connectivity index (χ2n) is 27.7. The maximum Gasteiger partial charge on any atom is -0.109 e. The summed E-state index contributed by atoms with van der Waals surface area (Å²) in [5.41, 5.74) is 16.6. The second-order valence-corrected chi connectivity index (χ2v) is 30.1. The Balaban J connectivity index is 0.000000223. The molecule has 0 heterocycles. The van der Waals surface area contributed by atoms with Crippen LogP contribution in [-0.2, 0) is 108 Å². The van der Waals surface area contributed by atoms with Gasteiger partial charge in [-0.1, -0.05) is 131 Å². The summed E-state index contributed by atoms with van der Waals surface area (Å²) in [7, 11) is 0. The Bertz CT molecular complexity index is 3600. The van der Waals surface area contributed by atoms with E-state index < -0.39 is 47.0 Å². The van der Waals surface area contributed by atoms with Crippen LogP contribution in [0.1, 0.15) is 185 Å². The van der Waals surface area contributed by atoms with Crippen LogP contribution >= 0.6 is 0 Å². The van der Waals surface area contributed by atoms with E-state index in [4.69, 9.17) is 0 Å². The minimum Gasteiger partial charge on any atom is -1.00 e. The third-order valence-electron chi connectivity index (χ3n) is 16.1. The zero-order valence-electron chi connectivity index (χ0n) is 56.6. The van der Waals surface area contributed by atoms with E-state index in [0.717, 1.165) is 123 Å². The van der Waals surface area contributed by atoms with Gasteiger partial charge in [0.25, 0.3) is 0 Å². The molecule has 0 nitrogen and oxygen atoms in total. The molecule has 8 aromatic rings. The molecule has 4 aliphatic carbocycles. The largest absolute Gasteiger partial charge is 1.00 e. The third-order valence-corrected chi connectivity index (χ3v) is 18.9. The fourth-order valence-corrected chi connectivity index (χ4v) is 12.0. The van der Waals surface area contributed by atoms with Crippen LogP contribution in [0.2, 0.25) is 0 Å². The van der Waals surface area contributed by atoms with Crippen molar-refractivity contribution in [3.05, 3.63) is 307 Å². The quantitative estimate of drug-likeness (QED) is 0.122. The molecule has 0 unspecified atom stereocenters. The van der Waals surface area contributed by atoms with Gasteiger partial charge in [0.1, 0.15) is 0 Å². The van der Waals surface area contributed by atoms with Crippen molar-refractivity contribution in [3.8, 4) is 22.3 Å². The third kappa shape index (κ3) is 23.0. The van der Waals surface area contributed by atoms with Gasteiger partial charge in [0, 0.05) is 0 Å². The minimum absolute atomic E-state index is 0. The van der Waals surface area contributed by atoms with Crippen LogP contribution in [0.15, 0.2) is 194 Å². The summed E-state index contributed by atoms with van der Waals surface area (Å²) in [6.07, 6.45) is 4.42. The van der Waals surface area contributed by atoms with E-state index in [1.165, 1.54) is 115 Å². The molecular formula is C82H76Cl2F12Zr2-2. The number of rotatable bonds is 4.